The molecular weight excluding hydrogens is 254 g/mol. The van der Waals surface area contributed by atoms with E-state index < -0.39 is 12.2 Å². The monoisotopic (exact) mass is 271 g/mol. The molecule has 2 unspecified atom stereocenters. The highest BCUT2D eigenvalue weighted by Crippen LogP contribution is 2.12. The number of nitrogens with zero attached hydrogens (tertiary/aromatic N) is 1. The minimum atomic E-state index is -0.796. The number of aliphatic hydroxyl groups is 2. The number of aliphatic hydroxyl groups excluding tert-OH is 2. The Hall–Kier alpha value is -1.10. The summed E-state index contributed by atoms with van der Waals surface area (Å²) in [5, 5.41) is 18.7. The minimum absolute atomic E-state index is 0. The Morgan fingerprint density at radius 2 is 1.72 bits per heavy atom. The molecule has 1 aliphatic heterocycles. The van der Waals surface area contributed by atoms with Gasteiger partial charge in [-0.25, -0.2) is 0 Å². The maximum Gasteiger partial charge on any atom is 0.223 e. The van der Waals surface area contributed by atoms with Gasteiger partial charge in [-0.15, -0.1) is 12.4 Å². The number of carbonyl (C=O) groups is 1. The first kappa shape index (κ1) is 15.0. The standard InChI is InChI=1S/C13H17NO3.ClH/c15-11-8-14(9-12(11)16)13(17)7-6-10-4-2-1-3-5-10;/h1-5,11-12,15-16H,6-9H2;1H. The molecule has 4 nitrogen and oxygen atoms in total. The van der Waals surface area contributed by atoms with E-state index in [0.29, 0.717) is 12.8 Å². The predicted molar refractivity (Wildman–Crippen MR) is 70.6 cm³/mol. The van der Waals surface area contributed by atoms with Crippen molar-refractivity contribution in [3.8, 4) is 0 Å². The summed E-state index contributed by atoms with van der Waals surface area (Å²) in [7, 11) is 0. The fourth-order valence-electron chi connectivity index (χ4n) is 2.03. The maximum atomic E-state index is 11.8. The zero-order valence-electron chi connectivity index (χ0n) is 10.0. The van der Waals surface area contributed by atoms with Crippen molar-refractivity contribution >= 4 is 18.3 Å². The van der Waals surface area contributed by atoms with Crippen molar-refractivity contribution in [2.45, 2.75) is 25.0 Å². The van der Waals surface area contributed by atoms with Crippen LogP contribution in [-0.4, -0.2) is 46.3 Å². The Balaban J connectivity index is 0.00000162. The number of benzene rings is 1. The molecule has 0 aromatic heterocycles. The summed E-state index contributed by atoms with van der Waals surface area (Å²) in [5.74, 6) is -0.00977. The average molecular weight is 272 g/mol. The van der Waals surface area contributed by atoms with Crippen LogP contribution in [0.4, 0.5) is 0 Å². The van der Waals surface area contributed by atoms with Crippen LogP contribution in [0.1, 0.15) is 12.0 Å². The fraction of sp³-hybridized carbons (Fsp3) is 0.462. The van der Waals surface area contributed by atoms with Crippen molar-refractivity contribution in [2.24, 2.45) is 0 Å². The fourth-order valence-corrected chi connectivity index (χ4v) is 2.03. The first-order chi connectivity index (χ1) is 8.16. The second kappa shape index (κ2) is 6.73. The molecule has 2 rings (SSSR count). The number of carbonyl (C=O) groups excluding carboxylic acids is 1. The van der Waals surface area contributed by atoms with Gasteiger partial charge in [-0.1, -0.05) is 30.3 Å². The van der Waals surface area contributed by atoms with Crippen LogP contribution in [0.25, 0.3) is 0 Å². The summed E-state index contributed by atoms with van der Waals surface area (Å²) >= 11 is 0. The number of aryl methyl sites for hydroxylation is 1. The molecule has 100 valence electrons. The molecule has 1 aromatic carbocycles. The third kappa shape index (κ3) is 3.70. The van der Waals surface area contributed by atoms with Gasteiger partial charge in [0.2, 0.25) is 5.91 Å². The summed E-state index contributed by atoms with van der Waals surface area (Å²) < 4.78 is 0. The zero-order chi connectivity index (χ0) is 12.3. The Kier molecular flexibility index (Phi) is 5.59. The van der Waals surface area contributed by atoms with Gasteiger partial charge in [0.1, 0.15) is 0 Å². The van der Waals surface area contributed by atoms with Gasteiger partial charge in [0.25, 0.3) is 0 Å². The maximum absolute atomic E-state index is 11.8. The molecule has 0 bridgehead atoms. The van der Waals surface area contributed by atoms with Crippen LogP contribution >= 0.6 is 12.4 Å². The van der Waals surface area contributed by atoms with Gasteiger partial charge in [0, 0.05) is 19.5 Å². The van der Waals surface area contributed by atoms with Crippen molar-refractivity contribution in [1.29, 1.82) is 0 Å². The van der Waals surface area contributed by atoms with Crippen molar-refractivity contribution in [1.82, 2.24) is 4.90 Å². The van der Waals surface area contributed by atoms with Crippen LogP contribution < -0.4 is 0 Å². The van der Waals surface area contributed by atoms with Crippen LogP contribution in [0, 0.1) is 0 Å². The van der Waals surface area contributed by atoms with Gasteiger partial charge in [0.05, 0.1) is 12.2 Å². The number of β-amino-alcohol motifs (C(OH)–C–C–N with tert-alkyl or cyclic N) is 2. The Bertz CT molecular complexity index is 375. The minimum Gasteiger partial charge on any atom is -0.388 e. The Morgan fingerprint density at radius 1 is 1.17 bits per heavy atom. The van der Waals surface area contributed by atoms with Crippen LogP contribution in [0.3, 0.4) is 0 Å². The zero-order valence-corrected chi connectivity index (χ0v) is 10.8. The molecule has 2 N–H and O–H groups in total. The summed E-state index contributed by atoms with van der Waals surface area (Å²) in [6, 6.07) is 9.81. The molecule has 0 saturated carbocycles. The molecule has 2 atom stereocenters. The molecule has 1 amide bonds. The van der Waals surface area contributed by atoms with E-state index in [1.54, 1.807) is 0 Å². The highest BCUT2D eigenvalue weighted by atomic mass is 35.5. The SMILES string of the molecule is Cl.O=C(CCc1ccccc1)N1CC(O)C(O)C1. The highest BCUT2D eigenvalue weighted by molar-refractivity contribution is 5.85. The largest absolute Gasteiger partial charge is 0.388 e. The van der Waals surface area contributed by atoms with Gasteiger partial charge >= 0.3 is 0 Å². The van der Waals surface area contributed by atoms with E-state index in [4.69, 9.17) is 0 Å². The van der Waals surface area contributed by atoms with E-state index in [1.165, 1.54) is 4.90 Å². The smallest absolute Gasteiger partial charge is 0.223 e. The number of hydrogen-bond acceptors (Lipinski definition) is 3. The van der Waals surface area contributed by atoms with Gasteiger partial charge < -0.3 is 15.1 Å². The predicted octanol–water partition coefficient (Wildman–Crippen LogP) is 0.605. The molecule has 1 heterocycles. The lowest BCUT2D eigenvalue weighted by molar-refractivity contribution is -0.130. The first-order valence-corrected chi connectivity index (χ1v) is 5.84. The quantitative estimate of drug-likeness (QED) is 0.847. The third-order valence-electron chi connectivity index (χ3n) is 3.08. The molecule has 1 saturated heterocycles. The van der Waals surface area contributed by atoms with E-state index in [0.717, 1.165) is 5.56 Å². The van der Waals surface area contributed by atoms with Crippen LogP contribution in [0.5, 0.6) is 0 Å². The lowest BCUT2D eigenvalue weighted by Gasteiger charge is -2.15. The lowest BCUT2D eigenvalue weighted by atomic mass is 10.1. The second-order valence-electron chi connectivity index (χ2n) is 4.42. The number of rotatable bonds is 3. The van der Waals surface area contributed by atoms with Crippen molar-refractivity contribution in [3.63, 3.8) is 0 Å². The van der Waals surface area contributed by atoms with E-state index in [1.807, 2.05) is 30.3 Å². The number of amides is 1. The Labute approximate surface area is 113 Å². The van der Waals surface area contributed by atoms with Crippen LogP contribution in [0.15, 0.2) is 30.3 Å². The summed E-state index contributed by atoms with van der Waals surface area (Å²) in [6.45, 7) is 0.490. The highest BCUT2D eigenvalue weighted by Gasteiger charge is 2.31. The summed E-state index contributed by atoms with van der Waals surface area (Å²) in [4.78, 5) is 13.3. The molecule has 1 aliphatic rings. The molecule has 0 radical (unpaired) electrons. The van der Waals surface area contributed by atoms with E-state index >= 15 is 0 Å². The first-order valence-electron chi connectivity index (χ1n) is 5.84. The molecule has 1 fully saturated rings. The van der Waals surface area contributed by atoms with E-state index in [2.05, 4.69) is 0 Å². The van der Waals surface area contributed by atoms with Gasteiger partial charge in [0.15, 0.2) is 0 Å². The molecule has 18 heavy (non-hydrogen) atoms. The molecule has 0 aliphatic carbocycles. The molecule has 5 heteroatoms. The van der Waals surface area contributed by atoms with Crippen LogP contribution in [-0.2, 0) is 11.2 Å². The van der Waals surface area contributed by atoms with Crippen LogP contribution in [0.2, 0.25) is 0 Å². The van der Waals surface area contributed by atoms with Crippen molar-refractivity contribution < 1.29 is 15.0 Å². The van der Waals surface area contributed by atoms with Crippen molar-refractivity contribution in [3.05, 3.63) is 35.9 Å². The summed E-state index contributed by atoms with van der Waals surface area (Å²) in [5.41, 5.74) is 1.13. The Morgan fingerprint density at radius 3 is 2.28 bits per heavy atom. The number of halogens is 1. The second-order valence-corrected chi connectivity index (χ2v) is 4.42. The van der Waals surface area contributed by atoms with Crippen molar-refractivity contribution in [2.75, 3.05) is 13.1 Å². The lowest BCUT2D eigenvalue weighted by Crippen LogP contribution is -2.29. The third-order valence-corrected chi connectivity index (χ3v) is 3.08. The van der Waals surface area contributed by atoms with Gasteiger partial charge in [-0.05, 0) is 12.0 Å². The topological polar surface area (TPSA) is 60.8 Å². The van der Waals surface area contributed by atoms with Gasteiger partial charge in [-0.3, -0.25) is 4.79 Å². The normalized spacial score (nSPS) is 22.7. The summed E-state index contributed by atoms with van der Waals surface area (Å²) in [6.07, 6.45) is -0.474. The molecule has 0 spiro atoms. The van der Waals surface area contributed by atoms with E-state index in [9.17, 15) is 15.0 Å². The molecular formula is C13H18ClNO3. The number of hydrogen-bond donors (Lipinski definition) is 2. The van der Waals surface area contributed by atoms with Gasteiger partial charge in [-0.2, -0.15) is 0 Å². The number of likely N-dealkylation sites (tertiary alicyclic amines) is 1. The molecule has 1 aromatic rings. The van der Waals surface area contributed by atoms with E-state index in [-0.39, 0.29) is 31.4 Å². The average Bonchev–Trinajstić information content (AvgIpc) is 2.68.